The van der Waals surface area contributed by atoms with E-state index in [0.717, 1.165) is 50.2 Å². The van der Waals surface area contributed by atoms with Crippen LogP contribution in [-0.4, -0.2) is 60.3 Å². The van der Waals surface area contributed by atoms with Gasteiger partial charge in [0.2, 0.25) is 0 Å². The summed E-state index contributed by atoms with van der Waals surface area (Å²) in [6, 6.07) is 18.3. The van der Waals surface area contributed by atoms with Gasteiger partial charge in [0.05, 0.1) is 18.3 Å². The second kappa shape index (κ2) is 10.4. The summed E-state index contributed by atoms with van der Waals surface area (Å²) in [5, 5.41) is 0. The van der Waals surface area contributed by atoms with E-state index < -0.39 is 0 Å². The minimum atomic E-state index is 0.0690. The van der Waals surface area contributed by atoms with Gasteiger partial charge in [-0.15, -0.1) is 0 Å². The van der Waals surface area contributed by atoms with Crippen LogP contribution in [0, 0.1) is 0 Å². The number of carbonyl (C=O) groups is 1. The van der Waals surface area contributed by atoms with E-state index in [1.54, 1.807) is 0 Å². The van der Waals surface area contributed by atoms with Gasteiger partial charge >= 0.3 is 0 Å². The van der Waals surface area contributed by atoms with E-state index in [2.05, 4.69) is 43.0 Å². The Hall–Kier alpha value is -2.21. The summed E-state index contributed by atoms with van der Waals surface area (Å²) in [5.41, 5.74) is 3.11. The molecule has 2 aliphatic heterocycles. The van der Waals surface area contributed by atoms with Gasteiger partial charge in [-0.1, -0.05) is 42.5 Å². The molecule has 0 saturated carbocycles. The van der Waals surface area contributed by atoms with Crippen molar-refractivity contribution in [1.82, 2.24) is 9.80 Å². The number of rotatable bonds is 7. The van der Waals surface area contributed by atoms with Crippen LogP contribution in [0.15, 0.2) is 54.6 Å². The van der Waals surface area contributed by atoms with Crippen LogP contribution >= 0.6 is 0 Å². The summed E-state index contributed by atoms with van der Waals surface area (Å²) in [7, 11) is 0. The second-order valence-electron chi connectivity index (χ2n) is 8.95. The zero-order chi connectivity index (χ0) is 21.6. The van der Waals surface area contributed by atoms with Crippen molar-refractivity contribution in [3.05, 3.63) is 71.3 Å². The van der Waals surface area contributed by atoms with Crippen molar-refractivity contribution in [2.75, 3.05) is 26.2 Å². The molecular formula is C26H34N2O3. The van der Waals surface area contributed by atoms with Crippen molar-refractivity contribution in [2.45, 2.75) is 58.1 Å². The zero-order valence-electron chi connectivity index (χ0n) is 18.7. The normalized spacial score (nSPS) is 24.3. The molecule has 5 heteroatoms. The Morgan fingerprint density at radius 3 is 2.35 bits per heavy atom. The molecule has 166 valence electrons. The van der Waals surface area contributed by atoms with E-state index in [-0.39, 0.29) is 24.2 Å². The number of hydrogen-bond donors (Lipinski definition) is 0. The Kier molecular flexibility index (Phi) is 7.38. The van der Waals surface area contributed by atoms with Crippen LogP contribution in [0.5, 0.6) is 0 Å². The Morgan fingerprint density at radius 2 is 1.71 bits per heavy atom. The molecule has 4 rings (SSSR count). The average Bonchev–Trinajstić information content (AvgIpc) is 3.27. The van der Waals surface area contributed by atoms with Crippen LogP contribution in [-0.2, 0) is 22.6 Å². The predicted molar refractivity (Wildman–Crippen MR) is 122 cm³/mol. The number of amides is 1. The van der Waals surface area contributed by atoms with Crippen LogP contribution in [0.3, 0.4) is 0 Å². The van der Waals surface area contributed by atoms with Crippen molar-refractivity contribution in [2.24, 2.45) is 0 Å². The molecule has 2 aromatic carbocycles. The Bertz CT molecular complexity index is 823. The van der Waals surface area contributed by atoms with E-state index in [4.69, 9.17) is 9.47 Å². The molecule has 1 amide bonds. The fraction of sp³-hybridized carbons (Fsp3) is 0.500. The maximum absolute atomic E-state index is 13.4. The molecule has 3 unspecified atom stereocenters. The van der Waals surface area contributed by atoms with E-state index in [0.29, 0.717) is 13.1 Å². The lowest BCUT2D eigenvalue weighted by molar-refractivity contribution is -0.0704. The topological polar surface area (TPSA) is 42.0 Å². The van der Waals surface area contributed by atoms with Crippen molar-refractivity contribution in [1.29, 1.82) is 0 Å². The van der Waals surface area contributed by atoms with Crippen LogP contribution < -0.4 is 0 Å². The Labute approximate surface area is 185 Å². The van der Waals surface area contributed by atoms with Gasteiger partial charge in [0.25, 0.3) is 5.91 Å². The molecule has 0 N–H and O–H groups in total. The minimum absolute atomic E-state index is 0.0690. The van der Waals surface area contributed by atoms with Gasteiger partial charge < -0.3 is 14.4 Å². The number of hydrogen-bond acceptors (Lipinski definition) is 4. The lowest BCUT2D eigenvalue weighted by atomic mass is 10.1. The van der Waals surface area contributed by atoms with Gasteiger partial charge in [-0.25, -0.2) is 0 Å². The fourth-order valence-electron chi connectivity index (χ4n) is 4.66. The third kappa shape index (κ3) is 6.16. The number of morpholine rings is 1. The molecule has 0 spiro atoms. The van der Waals surface area contributed by atoms with E-state index in [1.165, 1.54) is 5.56 Å². The van der Waals surface area contributed by atoms with Gasteiger partial charge in [0.15, 0.2) is 0 Å². The van der Waals surface area contributed by atoms with Crippen molar-refractivity contribution in [3.8, 4) is 0 Å². The molecule has 5 nitrogen and oxygen atoms in total. The number of ether oxygens (including phenoxy) is 2. The quantitative estimate of drug-likeness (QED) is 0.673. The molecule has 2 aromatic rings. The van der Waals surface area contributed by atoms with Gasteiger partial charge in [0, 0.05) is 44.9 Å². The first-order valence-electron chi connectivity index (χ1n) is 11.5. The molecule has 0 aromatic heterocycles. The smallest absolute Gasteiger partial charge is 0.254 e. The monoisotopic (exact) mass is 422 g/mol. The lowest BCUT2D eigenvalue weighted by Crippen LogP contribution is -2.44. The van der Waals surface area contributed by atoms with E-state index in [1.807, 2.05) is 35.2 Å². The molecule has 0 radical (unpaired) electrons. The number of nitrogens with zero attached hydrogens (tertiary/aromatic N) is 2. The van der Waals surface area contributed by atoms with Crippen molar-refractivity contribution >= 4 is 5.91 Å². The summed E-state index contributed by atoms with van der Waals surface area (Å²) in [5.74, 6) is 0.0690. The van der Waals surface area contributed by atoms with Crippen LogP contribution in [0.25, 0.3) is 0 Å². The third-order valence-corrected chi connectivity index (χ3v) is 6.05. The highest BCUT2D eigenvalue weighted by atomic mass is 16.5. The number of carbonyl (C=O) groups excluding carboxylic acids is 1. The molecule has 2 aliphatic rings. The van der Waals surface area contributed by atoms with Crippen molar-refractivity contribution in [3.63, 3.8) is 0 Å². The molecule has 0 bridgehead atoms. The molecule has 0 aliphatic carbocycles. The maximum atomic E-state index is 13.4. The molecular weight excluding hydrogens is 388 g/mol. The van der Waals surface area contributed by atoms with Crippen molar-refractivity contribution < 1.29 is 14.3 Å². The highest BCUT2D eigenvalue weighted by Gasteiger charge is 2.24. The van der Waals surface area contributed by atoms with E-state index >= 15 is 0 Å². The number of benzene rings is 2. The van der Waals surface area contributed by atoms with Gasteiger partial charge in [-0.3, -0.25) is 9.69 Å². The summed E-state index contributed by atoms with van der Waals surface area (Å²) in [6.07, 6.45) is 2.75. The standard InChI is InChI=1S/C26H34N2O3/c1-20-15-27(16-21(2)31-20)17-23-10-12-24(13-11-23)26(29)28(19-25-9-6-14-30-25)18-22-7-4-3-5-8-22/h3-5,7-8,10-13,20-21,25H,6,9,14-19H2,1-2H3. The first kappa shape index (κ1) is 22.0. The summed E-state index contributed by atoms with van der Waals surface area (Å²) < 4.78 is 11.7. The second-order valence-corrected chi connectivity index (χ2v) is 8.95. The first-order valence-corrected chi connectivity index (χ1v) is 11.5. The molecule has 2 fully saturated rings. The van der Waals surface area contributed by atoms with Gasteiger partial charge in [-0.05, 0) is 49.9 Å². The third-order valence-electron chi connectivity index (χ3n) is 6.05. The Balaban J connectivity index is 1.43. The van der Waals surface area contributed by atoms with Crippen LogP contribution in [0.2, 0.25) is 0 Å². The largest absolute Gasteiger partial charge is 0.376 e. The van der Waals surface area contributed by atoms with Gasteiger partial charge in [0.1, 0.15) is 0 Å². The van der Waals surface area contributed by atoms with E-state index in [9.17, 15) is 4.79 Å². The zero-order valence-corrected chi connectivity index (χ0v) is 18.7. The van der Waals surface area contributed by atoms with Gasteiger partial charge in [-0.2, -0.15) is 0 Å². The summed E-state index contributed by atoms with van der Waals surface area (Å²) in [4.78, 5) is 17.7. The van der Waals surface area contributed by atoms with Crippen LogP contribution in [0.4, 0.5) is 0 Å². The minimum Gasteiger partial charge on any atom is -0.376 e. The predicted octanol–water partition coefficient (Wildman–Crippen LogP) is 4.12. The Morgan fingerprint density at radius 1 is 1.00 bits per heavy atom. The highest BCUT2D eigenvalue weighted by Crippen LogP contribution is 2.19. The summed E-state index contributed by atoms with van der Waals surface area (Å²) >= 11 is 0. The highest BCUT2D eigenvalue weighted by molar-refractivity contribution is 5.94. The summed E-state index contributed by atoms with van der Waals surface area (Å²) in [6.45, 7) is 9.06. The lowest BCUT2D eigenvalue weighted by Gasteiger charge is -2.35. The average molecular weight is 423 g/mol. The first-order chi connectivity index (χ1) is 15.1. The molecule has 31 heavy (non-hydrogen) atoms. The SMILES string of the molecule is CC1CN(Cc2ccc(C(=O)N(Cc3ccccc3)CC3CCCO3)cc2)CC(C)O1. The van der Waals surface area contributed by atoms with Crippen LogP contribution in [0.1, 0.15) is 48.2 Å². The maximum Gasteiger partial charge on any atom is 0.254 e. The molecule has 2 heterocycles. The molecule has 3 atom stereocenters. The fourth-order valence-corrected chi connectivity index (χ4v) is 4.66. The molecule has 2 saturated heterocycles.